The summed E-state index contributed by atoms with van der Waals surface area (Å²) >= 11 is 0. The fourth-order valence-electron chi connectivity index (χ4n) is 5.69. The van der Waals surface area contributed by atoms with E-state index in [2.05, 4.69) is 24.3 Å². The zero-order valence-electron chi connectivity index (χ0n) is 11.8. The predicted octanol–water partition coefficient (Wildman–Crippen LogP) is 3.66. The van der Waals surface area contributed by atoms with Gasteiger partial charge in [-0.1, -0.05) is 24.3 Å². The van der Waals surface area contributed by atoms with E-state index in [4.69, 9.17) is 5.73 Å². The molecule has 4 saturated carbocycles. The Kier molecular flexibility index (Phi) is 2.73. The second kappa shape index (κ2) is 4.34. The van der Waals surface area contributed by atoms with Crippen LogP contribution in [0, 0.1) is 17.8 Å². The Labute approximate surface area is 116 Å². The molecule has 1 aromatic carbocycles. The van der Waals surface area contributed by atoms with Crippen molar-refractivity contribution in [3.05, 3.63) is 35.4 Å². The quantitative estimate of drug-likeness (QED) is 0.876. The van der Waals surface area contributed by atoms with Crippen LogP contribution in [0.25, 0.3) is 0 Å². The molecule has 0 heterocycles. The molecule has 0 unspecified atom stereocenters. The number of hydrogen-bond donors (Lipinski definition) is 1. The summed E-state index contributed by atoms with van der Waals surface area (Å²) < 4.78 is 0. The lowest BCUT2D eigenvalue weighted by Crippen LogP contribution is -2.48. The Morgan fingerprint density at radius 2 is 1.63 bits per heavy atom. The monoisotopic (exact) mass is 255 g/mol. The first-order valence-corrected chi connectivity index (χ1v) is 8.07. The van der Waals surface area contributed by atoms with Crippen LogP contribution in [0.5, 0.6) is 0 Å². The molecule has 4 fully saturated rings. The molecule has 0 spiro atoms. The van der Waals surface area contributed by atoms with Gasteiger partial charge in [0.1, 0.15) is 0 Å². The van der Waals surface area contributed by atoms with Gasteiger partial charge in [0.15, 0.2) is 0 Å². The molecule has 0 saturated heterocycles. The molecule has 4 aliphatic carbocycles. The van der Waals surface area contributed by atoms with Crippen LogP contribution in [0.15, 0.2) is 24.3 Å². The van der Waals surface area contributed by atoms with E-state index in [0.717, 1.165) is 30.7 Å². The number of benzene rings is 1. The highest BCUT2D eigenvalue weighted by Crippen LogP contribution is 2.60. The van der Waals surface area contributed by atoms with Crippen molar-refractivity contribution in [2.75, 3.05) is 6.54 Å². The molecule has 0 radical (unpaired) electrons. The highest BCUT2D eigenvalue weighted by Gasteiger charge is 2.51. The van der Waals surface area contributed by atoms with Crippen molar-refractivity contribution in [1.29, 1.82) is 0 Å². The van der Waals surface area contributed by atoms with E-state index >= 15 is 0 Å². The molecule has 5 rings (SSSR count). The summed E-state index contributed by atoms with van der Waals surface area (Å²) in [5, 5.41) is 0. The lowest BCUT2D eigenvalue weighted by molar-refractivity contribution is -0.00521. The van der Waals surface area contributed by atoms with Crippen molar-refractivity contribution < 1.29 is 0 Å². The van der Waals surface area contributed by atoms with Crippen molar-refractivity contribution in [1.82, 2.24) is 0 Å². The van der Waals surface area contributed by atoms with Crippen LogP contribution in [-0.2, 0) is 11.8 Å². The van der Waals surface area contributed by atoms with E-state index in [9.17, 15) is 0 Å². The summed E-state index contributed by atoms with van der Waals surface area (Å²) in [5.41, 5.74) is 9.34. The third-order valence-corrected chi connectivity index (χ3v) is 6.01. The molecule has 1 heteroatoms. The summed E-state index contributed by atoms with van der Waals surface area (Å²) in [6, 6.07) is 9.38. The summed E-state index contributed by atoms with van der Waals surface area (Å²) in [7, 11) is 0. The van der Waals surface area contributed by atoms with E-state index in [0.29, 0.717) is 5.41 Å². The second-order valence-corrected chi connectivity index (χ2v) is 7.44. The standard InChI is InChI=1S/C18H25N/c19-5-4-13-2-1-3-17(9-13)18-10-14-6-15(11-18)8-16(7-14)12-18/h1-3,9,14-16H,4-8,10-12,19H2. The Bertz CT molecular complexity index is 441. The summed E-state index contributed by atoms with van der Waals surface area (Å²) in [4.78, 5) is 0. The smallest absolute Gasteiger partial charge is 0.00367 e. The highest BCUT2D eigenvalue weighted by atomic mass is 14.6. The molecule has 1 nitrogen and oxygen atoms in total. The number of hydrogen-bond acceptors (Lipinski definition) is 1. The predicted molar refractivity (Wildman–Crippen MR) is 79.1 cm³/mol. The fourth-order valence-corrected chi connectivity index (χ4v) is 5.69. The average molecular weight is 255 g/mol. The summed E-state index contributed by atoms with van der Waals surface area (Å²) in [5.74, 6) is 3.10. The van der Waals surface area contributed by atoms with Gasteiger partial charge in [-0.25, -0.2) is 0 Å². The SMILES string of the molecule is NCCc1cccc(C23CC4CC(CC(C4)C2)C3)c1. The van der Waals surface area contributed by atoms with Crippen LogP contribution >= 0.6 is 0 Å². The van der Waals surface area contributed by atoms with E-state index in [1.54, 1.807) is 5.56 Å². The molecule has 1 aromatic rings. The first-order valence-electron chi connectivity index (χ1n) is 8.07. The van der Waals surface area contributed by atoms with Gasteiger partial charge in [-0.05, 0) is 85.8 Å². The van der Waals surface area contributed by atoms with Crippen molar-refractivity contribution in [2.24, 2.45) is 23.5 Å². The Hall–Kier alpha value is -0.820. The van der Waals surface area contributed by atoms with E-state index in [1.165, 1.54) is 44.1 Å². The molecule has 19 heavy (non-hydrogen) atoms. The van der Waals surface area contributed by atoms with Crippen LogP contribution in [0.4, 0.5) is 0 Å². The van der Waals surface area contributed by atoms with Gasteiger partial charge < -0.3 is 5.73 Å². The summed E-state index contributed by atoms with van der Waals surface area (Å²) in [6.07, 6.45) is 10.0. The topological polar surface area (TPSA) is 26.0 Å². The van der Waals surface area contributed by atoms with E-state index in [-0.39, 0.29) is 0 Å². The second-order valence-electron chi connectivity index (χ2n) is 7.44. The van der Waals surface area contributed by atoms with Gasteiger partial charge in [-0.15, -0.1) is 0 Å². The molecule has 4 bridgehead atoms. The minimum atomic E-state index is 0.541. The largest absolute Gasteiger partial charge is 0.330 e. The Morgan fingerprint density at radius 3 is 2.21 bits per heavy atom. The van der Waals surface area contributed by atoms with Crippen LogP contribution < -0.4 is 5.73 Å². The lowest BCUT2D eigenvalue weighted by atomic mass is 9.48. The maximum atomic E-state index is 5.72. The van der Waals surface area contributed by atoms with Crippen LogP contribution in [0.3, 0.4) is 0 Å². The lowest BCUT2D eigenvalue weighted by Gasteiger charge is -2.57. The first kappa shape index (κ1) is 12.0. The highest BCUT2D eigenvalue weighted by molar-refractivity contribution is 5.33. The molecule has 4 aliphatic rings. The van der Waals surface area contributed by atoms with E-state index in [1.807, 2.05) is 0 Å². The van der Waals surface area contributed by atoms with Gasteiger partial charge >= 0.3 is 0 Å². The maximum Gasteiger partial charge on any atom is -0.00367 e. The van der Waals surface area contributed by atoms with E-state index < -0.39 is 0 Å². The fraction of sp³-hybridized carbons (Fsp3) is 0.667. The van der Waals surface area contributed by atoms with Crippen molar-refractivity contribution in [3.8, 4) is 0 Å². The van der Waals surface area contributed by atoms with Crippen molar-refractivity contribution in [3.63, 3.8) is 0 Å². The van der Waals surface area contributed by atoms with Crippen LogP contribution in [-0.4, -0.2) is 6.54 Å². The minimum Gasteiger partial charge on any atom is -0.330 e. The van der Waals surface area contributed by atoms with Crippen LogP contribution in [0.1, 0.15) is 49.7 Å². The zero-order valence-corrected chi connectivity index (χ0v) is 11.8. The average Bonchev–Trinajstić information content (AvgIpc) is 2.38. The van der Waals surface area contributed by atoms with Crippen molar-refractivity contribution in [2.45, 2.75) is 50.4 Å². The molecule has 0 aliphatic heterocycles. The molecule has 102 valence electrons. The zero-order chi connectivity index (χ0) is 12.9. The van der Waals surface area contributed by atoms with Gasteiger partial charge in [0.2, 0.25) is 0 Å². The minimum absolute atomic E-state index is 0.541. The first-order chi connectivity index (χ1) is 9.27. The van der Waals surface area contributed by atoms with Gasteiger partial charge in [0.05, 0.1) is 0 Å². The van der Waals surface area contributed by atoms with Gasteiger partial charge in [0, 0.05) is 0 Å². The third-order valence-electron chi connectivity index (χ3n) is 6.01. The third kappa shape index (κ3) is 1.94. The van der Waals surface area contributed by atoms with Gasteiger partial charge in [0.25, 0.3) is 0 Å². The number of rotatable bonds is 3. The molecular weight excluding hydrogens is 230 g/mol. The molecule has 0 atom stereocenters. The number of nitrogens with two attached hydrogens (primary N) is 1. The molecule has 0 aromatic heterocycles. The molecule has 0 amide bonds. The van der Waals surface area contributed by atoms with Crippen molar-refractivity contribution >= 4 is 0 Å². The maximum absolute atomic E-state index is 5.72. The van der Waals surface area contributed by atoms with Gasteiger partial charge in [-0.2, -0.15) is 0 Å². The molecular formula is C18H25N. The van der Waals surface area contributed by atoms with Crippen LogP contribution in [0.2, 0.25) is 0 Å². The normalized spacial score (nSPS) is 39.7. The Balaban J connectivity index is 1.69. The molecule has 2 N–H and O–H groups in total. The summed E-state index contributed by atoms with van der Waals surface area (Å²) in [6.45, 7) is 0.768. The van der Waals surface area contributed by atoms with Gasteiger partial charge in [-0.3, -0.25) is 0 Å². The Morgan fingerprint density at radius 1 is 1.00 bits per heavy atom.